The molecular weight excluding hydrogens is 290 g/mol. The largest absolute Gasteiger partial charge is 0.481 e. The Hall–Kier alpha value is -1.06. The Morgan fingerprint density at radius 2 is 1.26 bits per heavy atom. The number of hydrogen-bond donors (Lipinski definition) is 1. The summed E-state index contributed by atoms with van der Waals surface area (Å²) in [5.74, 6) is -0.343. The van der Waals surface area contributed by atoms with Crippen LogP contribution in [0.2, 0.25) is 0 Å². The summed E-state index contributed by atoms with van der Waals surface area (Å²) in [6.45, 7) is 14.7. The number of carboxylic acid groups (broad SMARTS) is 1. The van der Waals surface area contributed by atoms with Crippen molar-refractivity contribution in [3.05, 3.63) is 0 Å². The summed E-state index contributed by atoms with van der Waals surface area (Å²) >= 11 is 0. The number of amides is 1. The molecule has 1 aliphatic heterocycles. The lowest BCUT2D eigenvalue weighted by Crippen LogP contribution is -2.35. The van der Waals surface area contributed by atoms with E-state index in [1.165, 1.54) is 19.3 Å². The number of aliphatic carboxylic acids is 1. The molecule has 1 N–H and O–H groups in total. The Morgan fingerprint density at radius 3 is 1.61 bits per heavy atom. The van der Waals surface area contributed by atoms with Crippen molar-refractivity contribution in [2.24, 2.45) is 10.8 Å². The third-order valence-electron chi connectivity index (χ3n) is 3.89. The van der Waals surface area contributed by atoms with E-state index in [0.717, 1.165) is 32.4 Å². The van der Waals surface area contributed by atoms with E-state index >= 15 is 0 Å². The maximum Gasteiger partial charge on any atom is 0.303 e. The first-order valence-electron chi connectivity index (χ1n) is 8.90. The SMILES string of the molecule is CC(C)(C)CCC(=O)N1CCCCC1.CC(C)(C)CCC(=O)O. The summed E-state index contributed by atoms with van der Waals surface area (Å²) in [6.07, 6.45) is 6.45. The summed E-state index contributed by atoms with van der Waals surface area (Å²) in [4.78, 5) is 23.9. The van der Waals surface area contributed by atoms with E-state index in [9.17, 15) is 9.59 Å². The zero-order valence-electron chi connectivity index (χ0n) is 16.1. The van der Waals surface area contributed by atoms with E-state index in [0.29, 0.717) is 5.91 Å². The molecule has 1 saturated heterocycles. The Balaban J connectivity index is 0.000000468. The molecule has 4 heteroatoms. The number of carboxylic acids is 1. The van der Waals surface area contributed by atoms with Gasteiger partial charge in [0, 0.05) is 25.9 Å². The van der Waals surface area contributed by atoms with Gasteiger partial charge in [-0.1, -0.05) is 41.5 Å². The Bertz CT molecular complexity index is 358. The van der Waals surface area contributed by atoms with E-state index in [4.69, 9.17) is 5.11 Å². The topological polar surface area (TPSA) is 57.6 Å². The highest BCUT2D eigenvalue weighted by atomic mass is 16.4. The first kappa shape index (κ1) is 21.9. The van der Waals surface area contributed by atoms with Gasteiger partial charge in [-0.2, -0.15) is 0 Å². The number of nitrogens with zero attached hydrogens (tertiary/aromatic N) is 1. The predicted octanol–water partition coefficient (Wildman–Crippen LogP) is 4.72. The van der Waals surface area contributed by atoms with Gasteiger partial charge < -0.3 is 10.0 Å². The number of piperidine rings is 1. The molecule has 0 radical (unpaired) electrons. The highest BCUT2D eigenvalue weighted by molar-refractivity contribution is 5.76. The van der Waals surface area contributed by atoms with Crippen molar-refractivity contribution in [2.45, 2.75) is 86.5 Å². The molecule has 0 aromatic heterocycles. The summed E-state index contributed by atoms with van der Waals surface area (Å²) in [7, 11) is 0. The van der Waals surface area contributed by atoms with Gasteiger partial charge in [0.25, 0.3) is 0 Å². The van der Waals surface area contributed by atoms with Crippen molar-refractivity contribution in [2.75, 3.05) is 13.1 Å². The minimum absolute atomic E-state index is 0.151. The van der Waals surface area contributed by atoms with Crippen molar-refractivity contribution in [1.82, 2.24) is 4.90 Å². The monoisotopic (exact) mass is 327 g/mol. The lowest BCUT2D eigenvalue weighted by Gasteiger charge is -2.28. The van der Waals surface area contributed by atoms with Crippen LogP contribution in [0.3, 0.4) is 0 Å². The third kappa shape index (κ3) is 14.3. The molecule has 0 unspecified atom stereocenters. The molecule has 136 valence electrons. The molecule has 0 aromatic carbocycles. The number of carbonyl (C=O) groups excluding carboxylic acids is 1. The minimum atomic E-state index is -0.704. The van der Waals surface area contributed by atoms with Crippen LogP contribution in [-0.2, 0) is 9.59 Å². The molecule has 1 heterocycles. The van der Waals surface area contributed by atoms with Gasteiger partial charge in [-0.15, -0.1) is 0 Å². The van der Waals surface area contributed by atoms with Gasteiger partial charge in [0.1, 0.15) is 0 Å². The minimum Gasteiger partial charge on any atom is -0.481 e. The molecule has 1 rings (SSSR count). The summed E-state index contributed by atoms with van der Waals surface area (Å²) in [6, 6.07) is 0. The molecule has 1 amide bonds. The second-order valence-electron chi connectivity index (χ2n) is 8.96. The van der Waals surface area contributed by atoms with Gasteiger partial charge >= 0.3 is 5.97 Å². The van der Waals surface area contributed by atoms with Crippen LogP contribution in [-0.4, -0.2) is 35.0 Å². The highest BCUT2D eigenvalue weighted by Crippen LogP contribution is 2.22. The fraction of sp³-hybridized carbons (Fsp3) is 0.895. The standard InChI is InChI=1S/C12H23NO.C7H14O2/c1-12(2,3)8-7-11(14)13-9-5-4-6-10-13;1-7(2,3)5-4-6(8)9/h4-10H2,1-3H3;4-5H2,1-3H3,(H,8,9). The molecule has 0 atom stereocenters. The van der Waals surface area contributed by atoms with Crippen LogP contribution >= 0.6 is 0 Å². The average molecular weight is 328 g/mol. The second kappa shape index (κ2) is 9.94. The number of likely N-dealkylation sites (tertiary alicyclic amines) is 1. The fourth-order valence-electron chi connectivity index (χ4n) is 2.27. The van der Waals surface area contributed by atoms with E-state index in [1.54, 1.807) is 0 Å². The van der Waals surface area contributed by atoms with Crippen molar-refractivity contribution < 1.29 is 14.7 Å². The molecule has 23 heavy (non-hydrogen) atoms. The van der Waals surface area contributed by atoms with Crippen molar-refractivity contribution in [3.63, 3.8) is 0 Å². The maximum absolute atomic E-state index is 11.8. The van der Waals surface area contributed by atoms with Gasteiger partial charge in [0.05, 0.1) is 0 Å². The Labute approximate surface area is 142 Å². The normalized spacial score (nSPS) is 15.7. The van der Waals surface area contributed by atoms with E-state index in [2.05, 4.69) is 20.8 Å². The fourth-order valence-corrected chi connectivity index (χ4v) is 2.27. The van der Waals surface area contributed by atoms with Crippen LogP contribution in [0.5, 0.6) is 0 Å². The lowest BCUT2D eigenvalue weighted by atomic mass is 9.90. The molecule has 1 aliphatic rings. The second-order valence-corrected chi connectivity index (χ2v) is 8.96. The smallest absolute Gasteiger partial charge is 0.303 e. The van der Waals surface area contributed by atoms with E-state index in [-0.39, 0.29) is 17.3 Å². The molecule has 0 spiro atoms. The van der Waals surface area contributed by atoms with Crippen LogP contribution < -0.4 is 0 Å². The first-order valence-corrected chi connectivity index (χ1v) is 8.90. The molecule has 0 aliphatic carbocycles. The quantitative estimate of drug-likeness (QED) is 0.812. The van der Waals surface area contributed by atoms with Crippen LogP contribution in [0.1, 0.15) is 86.5 Å². The van der Waals surface area contributed by atoms with Crippen LogP contribution in [0.4, 0.5) is 0 Å². The maximum atomic E-state index is 11.8. The zero-order valence-corrected chi connectivity index (χ0v) is 16.1. The van der Waals surface area contributed by atoms with E-state index < -0.39 is 5.97 Å². The highest BCUT2D eigenvalue weighted by Gasteiger charge is 2.19. The van der Waals surface area contributed by atoms with Crippen LogP contribution in [0.25, 0.3) is 0 Å². The van der Waals surface area contributed by atoms with Crippen LogP contribution in [0, 0.1) is 10.8 Å². The molecule has 1 fully saturated rings. The zero-order chi connectivity index (χ0) is 18.1. The predicted molar refractivity (Wildman–Crippen MR) is 95.4 cm³/mol. The van der Waals surface area contributed by atoms with E-state index in [1.807, 2.05) is 25.7 Å². The Morgan fingerprint density at radius 1 is 0.826 bits per heavy atom. The van der Waals surface area contributed by atoms with Gasteiger partial charge in [-0.3, -0.25) is 9.59 Å². The Kier molecular flexibility index (Phi) is 9.48. The third-order valence-corrected chi connectivity index (χ3v) is 3.89. The van der Waals surface area contributed by atoms with Crippen molar-refractivity contribution in [3.8, 4) is 0 Å². The lowest BCUT2D eigenvalue weighted by molar-refractivity contribution is -0.137. The van der Waals surface area contributed by atoms with Crippen molar-refractivity contribution >= 4 is 11.9 Å². The summed E-state index contributed by atoms with van der Waals surface area (Å²) < 4.78 is 0. The average Bonchev–Trinajstić information content (AvgIpc) is 2.43. The van der Waals surface area contributed by atoms with Crippen LogP contribution in [0.15, 0.2) is 0 Å². The molecule has 0 bridgehead atoms. The number of carbonyl (C=O) groups is 2. The molecule has 0 aromatic rings. The van der Waals surface area contributed by atoms with Crippen molar-refractivity contribution in [1.29, 1.82) is 0 Å². The summed E-state index contributed by atoms with van der Waals surface area (Å²) in [5, 5.41) is 8.28. The molecule has 4 nitrogen and oxygen atoms in total. The van der Waals surface area contributed by atoms with Gasteiger partial charge in [0.2, 0.25) is 5.91 Å². The number of hydrogen-bond acceptors (Lipinski definition) is 2. The molecular formula is C19H37NO3. The number of rotatable bonds is 4. The van der Waals surface area contributed by atoms with Gasteiger partial charge in [-0.05, 0) is 42.9 Å². The van der Waals surface area contributed by atoms with Gasteiger partial charge in [0.15, 0.2) is 0 Å². The first-order chi connectivity index (χ1) is 10.4. The summed E-state index contributed by atoms with van der Waals surface area (Å²) in [5.41, 5.74) is 0.434. The van der Waals surface area contributed by atoms with Gasteiger partial charge in [-0.25, -0.2) is 0 Å². The molecule has 0 saturated carbocycles.